The number of aromatic nitrogens is 2. The normalized spacial score (nSPS) is 20.8. The average Bonchev–Trinajstić information content (AvgIpc) is 3.10. The molecule has 1 fully saturated rings. The first-order chi connectivity index (χ1) is 13.6. The van der Waals surface area contributed by atoms with Gasteiger partial charge in [-0.3, -0.25) is 9.59 Å². The topological polar surface area (TPSA) is 56.5 Å². The van der Waals surface area contributed by atoms with Gasteiger partial charge in [-0.1, -0.05) is 6.07 Å². The summed E-state index contributed by atoms with van der Waals surface area (Å²) in [7, 11) is 1.65. The number of rotatable bonds is 3. The number of likely N-dealkylation sites (tertiary alicyclic amines) is 1. The first-order valence-corrected chi connectivity index (χ1v) is 9.73. The van der Waals surface area contributed by atoms with Gasteiger partial charge in [0.1, 0.15) is 12.3 Å². The minimum absolute atomic E-state index is 0.0706. The van der Waals surface area contributed by atoms with Crippen LogP contribution in [0.3, 0.4) is 0 Å². The molecule has 3 aromatic rings. The fourth-order valence-electron chi connectivity index (χ4n) is 4.79. The smallest absolute Gasteiger partial charge is 0.250 e. The Balaban J connectivity index is 1.37. The molecule has 1 saturated heterocycles. The van der Waals surface area contributed by atoms with Crippen LogP contribution in [0.25, 0.3) is 10.9 Å². The second kappa shape index (κ2) is 6.55. The summed E-state index contributed by atoms with van der Waals surface area (Å²) in [5.74, 6) is 1.54. The Hall–Kier alpha value is -3.02. The molecule has 2 atom stereocenters. The lowest BCUT2D eigenvalue weighted by Gasteiger charge is -2.42. The molecule has 2 aromatic heterocycles. The number of carbonyl (C=O) groups is 1. The third kappa shape index (κ3) is 2.80. The molecule has 0 spiro atoms. The third-order valence-electron chi connectivity index (χ3n) is 6.12. The number of hydrogen-bond acceptors (Lipinski definition) is 3. The highest BCUT2D eigenvalue weighted by atomic mass is 16.5. The van der Waals surface area contributed by atoms with Gasteiger partial charge in [0.2, 0.25) is 5.91 Å². The van der Waals surface area contributed by atoms with E-state index < -0.39 is 0 Å². The van der Waals surface area contributed by atoms with Gasteiger partial charge in [0.05, 0.1) is 7.11 Å². The number of nitrogens with zero attached hydrogens (tertiary/aromatic N) is 3. The maximum Gasteiger partial charge on any atom is 0.250 e. The molecule has 0 aliphatic carbocycles. The minimum Gasteiger partial charge on any atom is -0.497 e. The molecule has 0 saturated carbocycles. The van der Waals surface area contributed by atoms with Crippen LogP contribution in [0.15, 0.2) is 53.5 Å². The Kier molecular flexibility index (Phi) is 4.00. The zero-order chi connectivity index (χ0) is 19.3. The van der Waals surface area contributed by atoms with Crippen LogP contribution in [0.1, 0.15) is 18.0 Å². The van der Waals surface area contributed by atoms with Crippen molar-refractivity contribution in [1.82, 2.24) is 14.0 Å². The van der Waals surface area contributed by atoms with E-state index in [0.717, 1.165) is 35.3 Å². The Morgan fingerprint density at radius 1 is 1.14 bits per heavy atom. The largest absolute Gasteiger partial charge is 0.497 e. The van der Waals surface area contributed by atoms with Crippen molar-refractivity contribution < 1.29 is 9.53 Å². The highest BCUT2D eigenvalue weighted by Crippen LogP contribution is 2.35. The molecule has 2 bridgehead atoms. The fourth-order valence-corrected chi connectivity index (χ4v) is 4.79. The number of hydrogen-bond donors (Lipinski definition) is 0. The van der Waals surface area contributed by atoms with E-state index in [2.05, 4.69) is 0 Å². The number of amides is 1. The van der Waals surface area contributed by atoms with Crippen LogP contribution in [-0.4, -0.2) is 40.1 Å². The van der Waals surface area contributed by atoms with Gasteiger partial charge in [0, 0.05) is 54.4 Å². The van der Waals surface area contributed by atoms with Crippen molar-refractivity contribution in [2.24, 2.45) is 5.92 Å². The SMILES string of the molecule is COc1ccc2c(ccn2CC(=O)N2CC3CC(C2)c2cccc(=O)n2C3)c1. The van der Waals surface area contributed by atoms with E-state index in [0.29, 0.717) is 25.6 Å². The van der Waals surface area contributed by atoms with Gasteiger partial charge in [-0.2, -0.15) is 0 Å². The zero-order valence-corrected chi connectivity index (χ0v) is 15.9. The van der Waals surface area contributed by atoms with Crippen molar-refractivity contribution in [3.05, 3.63) is 64.7 Å². The summed E-state index contributed by atoms with van der Waals surface area (Å²) in [5.41, 5.74) is 2.17. The van der Waals surface area contributed by atoms with E-state index in [1.165, 1.54) is 0 Å². The first-order valence-electron chi connectivity index (χ1n) is 9.73. The lowest BCUT2D eigenvalue weighted by atomic mass is 9.83. The minimum atomic E-state index is 0.0706. The number of methoxy groups -OCH3 is 1. The van der Waals surface area contributed by atoms with Crippen LogP contribution in [0, 0.1) is 5.92 Å². The molecule has 1 aromatic carbocycles. The van der Waals surface area contributed by atoms with E-state index in [4.69, 9.17) is 4.74 Å². The monoisotopic (exact) mass is 377 g/mol. The molecule has 1 amide bonds. The van der Waals surface area contributed by atoms with Crippen molar-refractivity contribution in [2.45, 2.75) is 25.4 Å². The Bertz CT molecular complexity index is 1110. The van der Waals surface area contributed by atoms with Gasteiger partial charge in [-0.15, -0.1) is 0 Å². The van der Waals surface area contributed by atoms with Crippen LogP contribution in [0.2, 0.25) is 0 Å². The van der Waals surface area contributed by atoms with Gasteiger partial charge in [0.15, 0.2) is 0 Å². The standard InChI is InChI=1S/C22H23N3O3/c1-28-18-5-6-19-16(10-18)7-8-23(19)14-22(27)24-11-15-9-17(13-24)20-3-2-4-21(26)25(20)12-15/h2-8,10,15,17H,9,11-14H2,1H3. The van der Waals surface area contributed by atoms with E-state index >= 15 is 0 Å². The first kappa shape index (κ1) is 17.1. The molecule has 144 valence electrons. The maximum absolute atomic E-state index is 13.1. The highest BCUT2D eigenvalue weighted by molar-refractivity contribution is 5.84. The number of benzene rings is 1. The Labute approximate surface area is 162 Å². The Morgan fingerprint density at radius 2 is 2.04 bits per heavy atom. The summed E-state index contributed by atoms with van der Waals surface area (Å²) in [6, 6.07) is 13.4. The molecular formula is C22H23N3O3. The van der Waals surface area contributed by atoms with Crippen molar-refractivity contribution >= 4 is 16.8 Å². The second-order valence-electron chi connectivity index (χ2n) is 7.87. The molecule has 0 N–H and O–H groups in total. The summed E-state index contributed by atoms with van der Waals surface area (Å²) in [6.45, 7) is 2.45. The van der Waals surface area contributed by atoms with Crippen molar-refractivity contribution in [3.8, 4) is 5.75 Å². The van der Waals surface area contributed by atoms with Crippen LogP contribution >= 0.6 is 0 Å². The lowest BCUT2D eigenvalue weighted by Crippen LogP contribution is -2.49. The summed E-state index contributed by atoms with van der Waals surface area (Å²) in [4.78, 5) is 27.2. The number of ether oxygens (including phenoxy) is 1. The van der Waals surface area contributed by atoms with Crippen LogP contribution in [0.4, 0.5) is 0 Å². The maximum atomic E-state index is 13.1. The molecule has 5 rings (SSSR count). The molecule has 2 aliphatic rings. The molecule has 6 nitrogen and oxygen atoms in total. The lowest BCUT2D eigenvalue weighted by molar-refractivity contribution is -0.134. The van der Waals surface area contributed by atoms with E-state index in [-0.39, 0.29) is 17.4 Å². The number of carbonyl (C=O) groups excluding carboxylic acids is 1. The van der Waals surface area contributed by atoms with Crippen molar-refractivity contribution in [1.29, 1.82) is 0 Å². The van der Waals surface area contributed by atoms with Gasteiger partial charge in [-0.25, -0.2) is 0 Å². The van der Waals surface area contributed by atoms with Crippen LogP contribution < -0.4 is 10.3 Å². The van der Waals surface area contributed by atoms with Crippen LogP contribution in [0.5, 0.6) is 5.75 Å². The van der Waals surface area contributed by atoms with E-state index in [1.807, 2.05) is 56.6 Å². The van der Waals surface area contributed by atoms with Crippen molar-refractivity contribution in [2.75, 3.05) is 20.2 Å². The molecule has 28 heavy (non-hydrogen) atoms. The van der Waals surface area contributed by atoms with E-state index in [1.54, 1.807) is 13.2 Å². The molecular weight excluding hydrogens is 354 g/mol. The van der Waals surface area contributed by atoms with Crippen molar-refractivity contribution in [3.63, 3.8) is 0 Å². The molecule has 2 unspecified atom stereocenters. The quantitative estimate of drug-likeness (QED) is 0.705. The molecule has 4 heterocycles. The summed E-state index contributed by atoms with van der Waals surface area (Å²) in [5, 5.41) is 1.07. The molecule has 6 heteroatoms. The predicted molar refractivity (Wildman–Crippen MR) is 107 cm³/mol. The molecule has 0 radical (unpaired) electrons. The fraction of sp³-hybridized carbons (Fsp3) is 0.364. The number of pyridine rings is 1. The van der Waals surface area contributed by atoms with Gasteiger partial charge >= 0.3 is 0 Å². The Morgan fingerprint density at radius 3 is 2.89 bits per heavy atom. The van der Waals surface area contributed by atoms with Crippen LogP contribution in [-0.2, 0) is 17.9 Å². The zero-order valence-electron chi connectivity index (χ0n) is 15.9. The summed E-state index contributed by atoms with van der Waals surface area (Å²) in [6.07, 6.45) is 3.02. The predicted octanol–water partition coefficient (Wildman–Crippen LogP) is 2.46. The second-order valence-corrected chi connectivity index (χ2v) is 7.87. The van der Waals surface area contributed by atoms with Gasteiger partial charge < -0.3 is 18.8 Å². The average molecular weight is 377 g/mol. The summed E-state index contributed by atoms with van der Waals surface area (Å²) < 4.78 is 9.17. The van der Waals surface area contributed by atoms with Gasteiger partial charge in [-0.05, 0) is 42.7 Å². The van der Waals surface area contributed by atoms with E-state index in [9.17, 15) is 9.59 Å². The highest BCUT2D eigenvalue weighted by Gasteiger charge is 2.36. The number of fused-ring (bicyclic) bond motifs is 5. The number of piperidine rings is 1. The third-order valence-corrected chi connectivity index (χ3v) is 6.12. The summed E-state index contributed by atoms with van der Waals surface area (Å²) >= 11 is 0. The molecule has 2 aliphatic heterocycles. The van der Waals surface area contributed by atoms with Gasteiger partial charge in [0.25, 0.3) is 5.56 Å².